The van der Waals surface area contributed by atoms with Crippen LogP contribution in [0.1, 0.15) is 11.1 Å². The number of rotatable bonds is 5. The van der Waals surface area contributed by atoms with Gasteiger partial charge in [-0.25, -0.2) is 4.99 Å². The van der Waals surface area contributed by atoms with Crippen LogP contribution in [-0.4, -0.2) is 10.3 Å². The van der Waals surface area contributed by atoms with Gasteiger partial charge in [0.1, 0.15) is 5.58 Å². The number of fused-ring (bicyclic) bond motifs is 10. The topological polar surface area (TPSA) is 56.4 Å². The number of thiophene rings is 1. The predicted molar refractivity (Wildman–Crippen MR) is 212 cm³/mol. The Labute approximate surface area is 291 Å². The van der Waals surface area contributed by atoms with Gasteiger partial charge in [-0.15, -0.1) is 11.3 Å². The lowest BCUT2D eigenvalue weighted by Gasteiger charge is -2.09. The number of hydrogen-bond acceptors (Lipinski definition) is 4. The Kier molecular flexibility index (Phi) is 6.48. The summed E-state index contributed by atoms with van der Waals surface area (Å²) >= 11 is 1.85. The molecule has 7 aromatic carbocycles. The zero-order chi connectivity index (χ0) is 33.2. The van der Waals surface area contributed by atoms with E-state index >= 15 is 0 Å². The Hall–Kier alpha value is -6.43. The summed E-state index contributed by atoms with van der Waals surface area (Å²) in [4.78, 5) is 5.12. The number of aliphatic imine (C=N–C) groups is 1. The van der Waals surface area contributed by atoms with Crippen molar-refractivity contribution in [2.45, 2.75) is 0 Å². The van der Waals surface area contributed by atoms with E-state index in [0.29, 0.717) is 5.70 Å². The van der Waals surface area contributed by atoms with Gasteiger partial charge in [0, 0.05) is 54.3 Å². The highest BCUT2D eigenvalue weighted by molar-refractivity contribution is 7.26. The second-order valence-electron chi connectivity index (χ2n) is 12.6. The van der Waals surface area contributed by atoms with E-state index in [9.17, 15) is 0 Å². The molecule has 0 aliphatic carbocycles. The van der Waals surface area contributed by atoms with Gasteiger partial charge in [0.2, 0.25) is 0 Å². The molecule has 0 aliphatic heterocycles. The summed E-state index contributed by atoms with van der Waals surface area (Å²) in [7, 11) is 0. The molecule has 0 unspecified atom stereocenters. The second kappa shape index (κ2) is 11.3. The zero-order valence-corrected chi connectivity index (χ0v) is 27.7. The van der Waals surface area contributed by atoms with Crippen molar-refractivity contribution in [3.63, 3.8) is 0 Å². The molecule has 0 spiro atoms. The second-order valence-corrected chi connectivity index (χ2v) is 13.6. The number of benzene rings is 7. The molecule has 0 atom stereocenters. The fraction of sp³-hybridized carbons (Fsp3) is 0. The van der Waals surface area contributed by atoms with Gasteiger partial charge in [0.15, 0.2) is 5.58 Å². The molecule has 0 radical (unpaired) electrons. The first-order valence-electron chi connectivity index (χ1n) is 16.7. The first-order chi connectivity index (χ1) is 24.7. The standard InChI is InChI=1S/C45H29N3OS/c46-37(28-12-3-1-4-13-28)27-38(29-14-5-2-6-15-29)47-30-22-23-32-35-18-11-20-40(44(35)49-41(32)26-30)48-39-19-9-7-16-31(39)34-24-25-36-33-17-8-10-21-42(33)50-45(36)43(34)48/h1-27H,46H2/b37-27-,47-38+. The Morgan fingerprint density at radius 2 is 1.28 bits per heavy atom. The zero-order valence-electron chi connectivity index (χ0n) is 26.9. The number of nitrogens with zero attached hydrogens (tertiary/aromatic N) is 2. The highest BCUT2D eigenvalue weighted by atomic mass is 32.1. The van der Waals surface area contributed by atoms with Crippen molar-refractivity contribution in [2.24, 2.45) is 10.7 Å². The average Bonchev–Trinajstić information content (AvgIpc) is 3.84. The first kappa shape index (κ1) is 28.6. The van der Waals surface area contributed by atoms with Gasteiger partial charge in [-0.1, -0.05) is 121 Å². The molecule has 5 heteroatoms. The Morgan fingerprint density at radius 1 is 0.600 bits per heavy atom. The third-order valence-corrected chi connectivity index (χ3v) is 10.8. The summed E-state index contributed by atoms with van der Waals surface area (Å²) in [6, 6.07) is 54.7. The van der Waals surface area contributed by atoms with Gasteiger partial charge < -0.3 is 14.7 Å². The number of furan rings is 1. The first-order valence-corrected chi connectivity index (χ1v) is 17.5. The minimum Gasteiger partial charge on any atom is -0.454 e. The van der Waals surface area contributed by atoms with Crippen molar-refractivity contribution in [2.75, 3.05) is 0 Å². The van der Waals surface area contributed by atoms with Crippen LogP contribution >= 0.6 is 11.3 Å². The van der Waals surface area contributed by atoms with E-state index in [4.69, 9.17) is 15.1 Å². The van der Waals surface area contributed by atoms with Crippen molar-refractivity contribution in [3.05, 3.63) is 175 Å². The molecule has 3 aromatic heterocycles. The lowest BCUT2D eigenvalue weighted by molar-refractivity contribution is 0.666. The third-order valence-electron chi connectivity index (χ3n) is 9.60. The maximum Gasteiger partial charge on any atom is 0.159 e. The summed E-state index contributed by atoms with van der Waals surface area (Å²) < 4.78 is 11.8. The third kappa shape index (κ3) is 4.48. The monoisotopic (exact) mass is 659 g/mol. The van der Waals surface area contributed by atoms with Crippen LogP contribution in [0.25, 0.3) is 75.3 Å². The van der Waals surface area contributed by atoms with Crippen molar-refractivity contribution >= 4 is 92.3 Å². The molecule has 3 heterocycles. The highest BCUT2D eigenvalue weighted by Gasteiger charge is 2.21. The molecule has 2 N–H and O–H groups in total. The number of hydrogen-bond donors (Lipinski definition) is 1. The fourth-order valence-electron chi connectivity index (χ4n) is 7.29. The normalized spacial score (nSPS) is 12.7. The van der Waals surface area contributed by atoms with Gasteiger partial charge in [0.05, 0.1) is 32.8 Å². The van der Waals surface area contributed by atoms with Crippen molar-refractivity contribution < 1.29 is 4.42 Å². The maximum atomic E-state index is 6.83. The summed E-state index contributed by atoms with van der Waals surface area (Å²) in [5.74, 6) is 0. The highest BCUT2D eigenvalue weighted by Crippen LogP contribution is 2.44. The molecule has 50 heavy (non-hydrogen) atoms. The Bertz CT molecular complexity index is 2980. The summed E-state index contributed by atoms with van der Waals surface area (Å²) in [6.45, 7) is 0. The van der Waals surface area contributed by atoms with E-state index < -0.39 is 0 Å². The largest absolute Gasteiger partial charge is 0.454 e. The van der Waals surface area contributed by atoms with Crippen molar-refractivity contribution in [3.8, 4) is 5.69 Å². The lowest BCUT2D eigenvalue weighted by Crippen LogP contribution is -2.03. The minimum atomic E-state index is 0.654. The average molecular weight is 660 g/mol. The molecular formula is C45H29N3OS. The van der Waals surface area contributed by atoms with E-state index in [1.165, 1.54) is 36.5 Å². The Balaban J connectivity index is 1.19. The maximum absolute atomic E-state index is 6.83. The van der Waals surface area contributed by atoms with Crippen LogP contribution < -0.4 is 5.73 Å². The van der Waals surface area contributed by atoms with Crippen LogP contribution in [-0.2, 0) is 0 Å². The van der Waals surface area contributed by atoms with Crippen molar-refractivity contribution in [1.29, 1.82) is 0 Å². The van der Waals surface area contributed by atoms with E-state index in [1.54, 1.807) is 0 Å². The predicted octanol–water partition coefficient (Wildman–Crippen LogP) is 12.2. The summed E-state index contributed by atoms with van der Waals surface area (Å²) in [6.07, 6.45) is 1.95. The number of para-hydroxylation sites is 2. The van der Waals surface area contributed by atoms with E-state index in [1.807, 2.05) is 72.0 Å². The van der Waals surface area contributed by atoms with Crippen LogP contribution in [0.4, 0.5) is 5.69 Å². The smallest absolute Gasteiger partial charge is 0.159 e. The molecule has 10 rings (SSSR count). The minimum absolute atomic E-state index is 0.654. The van der Waals surface area contributed by atoms with Gasteiger partial charge in [-0.3, -0.25) is 0 Å². The molecule has 10 aromatic rings. The van der Waals surface area contributed by atoms with Gasteiger partial charge in [0.25, 0.3) is 0 Å². The fourth-order valence-corrected chi connectivity index (χ4v) is 8.53. The van der Waals surface area contributed by atoms with Crippen LogP contribution in [0.2, 0.25) is 0 Å². The molecule has 236 valence electrons. The van der Waals surface area contributed by atoms with E-state index in [2.05, 4.69) is 108 Å². The van der Waals surface area contributed by atoms with Crippen molar-refractivity contribution in [1.82, 2.24) is 4.57 Å². The quantitative estimate of drug-likeness (QED) is 0.187. The number of allylic oxidation sites excluding steroid dienone is 1. The molecule has 0 fully saturated rings. The van der Waals surface area contributed by atoms with Gasteiger partial charge in [-0.2, -0.15) is 0 Å². The van der Waals surface area contributed by atoms with E-state index in [0.717, 1.165) is 55.7 Å². The summed E-state index contributed by atoms with van der Waals surface area (Å²) in [5, 5.41) is 7.14. The van der Waals surface area contributed by atoms with Gasteiger partial charge >= 0.3 is 0 Å². The molecule has 0 amide bonds. The van der Waals surface area contributed by atoms with Crippen LogP contribution in [0.5, 0.6) is 0 Å². The summed E-state index contributed by atoms with van der Waals surface area (Å²) in [5.41, 5.74) is 15.8. The molecule has 0 bridgehead atoms. The molecule has 0 aliphatic rings. The molecular weight excluding hydrogens is 631 g/mol. The number of aromatic nitrogens is 1. The Morgan fingerprint density at radius 3 is 2.12 bits per heavy atom. The van der Waals surface area contributed by atoms with Crippen LogP contribution in [0.3, 0.4) is 0 Å². The SMILES string of the molecule is N/C(=C\C(=N/c1ccc2c(c1)oc1c(-n3c4ccccc4c4ccc5c6ccccc6sc5c43)cccc12)c1ccccc1)c1ccccc1. The van der Waals surface area contributed by atoms with E-state index in [-0.39, 0.29) is 0 Å². The van der Waals surface area contributed by atoms with Crippen LogP contribution in [0.15, 0.2) is 173 Å². The lowest BCUT2D eigenvalue weighted by atomic mass is 10.1. The molecule has 0 saturated carbocycles. The number of nitrogens with two attached hydrogens (primary N) is 1. The molecule has 4 nitrogen and oxygen atoms in total. The van der Waals surface area contributed by atoms with Crippen LogP contribution in [0, 0.1) is 0 Å². The molecule has 0 saturated heterocycles. The van der Waals surface area contributed by atoms with Gasteiger partial charge in [-0.05, 0) is 42.0 Å².